The van der Waals surface area contributed by atoms with Crippen LogP contribution in [0.5, 0.6) is 11.5 Å². The molecule has 0 aromatic heterocycles. The van der Waals surface area contributed by atoms with E-state index in [1.807, 2.05) is 19.1 Å². The molecule has 1 aliphatic heterocycles. The number of nitrogens with zero attached hydrogens (tertiary/aromatic N) is 2. The molecule has 0 spiro atoms. The summed E-state index contributed by atoms with van der Waals surface area (Å²) in [5.41, 5.74) is 1.73. The number of ether oxygens (including phenoxy) is 1. The van der Waals surface area contributed by atoms with E-state index in [-0.39, 0.29) is 17.7 Å². The Balaban J connectivity index is 1.55. The van der Waals surface area contributed by atoms with Crippen molar-refractivity contribution in [1.29, 1.82) is 0 Å². The predicted molar refractivity (Wildman–Crippen MR) is 108 cm³/mol. The normalized spacial score (nSPS) is 16.0. The third kappa shape index (κ3) is 4.64. The van der Waals surface area contributed by atoms with Gasteiger partial charge in [0.2, 0.25) is 5.91 Å². The second-order valence-corrected chi connectivity index (χ2v) is 6.96. The SMILES string of the molecule is COc1ccc(NC(=O)[C@@H](C)N2CCN(c3ccc(O)cc3)CC2)cc1Cl. The van der Waals surface area contributed by atoms with Crippen LogP contribution in [-0.2, 0) is 4.79 Å². The Bertz CT molecular complexity index is 790. The summed E-state index contributed by atoms with van der Waals surface area (Å²) in [4.78, 5) is 17.0. The lowest BCUT2D eigenvalue weighted by Gasteiger charge is -2.38. The number of rotatable bonds is 5. The lowest BCUT2D eigenvalue weighted by atomic mass is 10.2. The number of benzene rings is 2. The van der Waals surface area contributed by atoms with E-state index >= 15 is 0 Å². The molecule has 27 heavy (non-hydrogen) atoms. The van der Waals surface area contributed by atoms with Gasteiger partial charge in [0.05, 0.1) is 18.2 Å². The van der Waals surface area contributed by atoms with Crippen molar-refractivity contribution in [1.82, 2.24) is 4.90 Å². The number of carbonyl (C=O) groups excluding carboxylic acids is 1. The van der Waals surface area contributed by atoms with Crippen molar-refractivity contribution < 1.29 is 14.6 Å². The third-order valence-electron chi connectivity index (χ3n) is 4.88. The minimum absolute atomic E-state index is 0.0608. The number of phenols is 1. The molecule has 1 fully saturated rings. The quantitative estimate of drug-likeness (QED) is 0.822. The maximum atomic E-state index is 12.6. The highest BCUT2D eigenvalue weighted by molar-refractivity contribution is 6.32. The van der Waals surface area contributed by atoms with Crippen molar-refractivity contribution in [2.24, 2.45) is 0 Å². The zero-order valence-electron chi connectivity index (χ0n) is 15.5. The first-order valence-electron chi connectivity index (χ1n) is 8.90. The number of carbonyl (C=O) groups is 1. The fourth-order valence-corrected chi connectivity index (χ4v) is 3.45. The molecule has 1 saturated heterocycles. The van der Waals surface area contributed by atoms with Gasteiger partial charge in [0.1, 0.15) is 11.5 Å². The van der Waals surface area contributed by atoms with E-state index in [0.29, 0.717) is 16.5 Å². The number of phenolic OH excluding ortho intramolecular Hbond substituents is 1. The molecule has 2 aromatic carbocycles. The number of hydrogen-bond donors (Lipinski definition) is 2. The van der Waals surface area contributed by atoms with Gasteiger partial charge in [0, 0.05) is 37.6 Å². The van der Waals surface area contributed by atoms with Crippen LogP contribution in [0.1, 0.15) is 6.92 Å². The van der Waals surface area contributed by atoms with Crippen molar-refractivity contribution in [3.63, 3.8) is 0 Å². The van der Waals surface area contributed by atoms with Crippen molar-refractivity contribution in [2.45, 2.75) is 13.0 Å². The Labute approximate surface area is 164 Å². The van der Waals surface area contributed by atoms with Crippen LogP contribution in [0.15, 0.2) is 42.5 Å². The molecule has 1 heterocycles. The molecule has 1 aliphatic rings. The van der Waals surface area contributed by atoms with E-state index in [4.69, 9.17) is 16.3 Å². The molecule has 0 bridgehead atoms. The van der Waals surface area contributed by atoms with E-state index in [2.05, 4.69) is 15.1 Å². The number of anilines is 2. The number of nitrogens with one attached hydrogen (secondary N) is 1. The Morgan fingerprint density at radius 2 is 1.81 bits per heavy atom. The first-order valence-corrected chi connectivity index (χ1v) is 9.28. The number of hydrogen-bond acceptors (Lipinski definition) is 5. The summed E-state index contributed by atoms with van der Waals surface area (Å²) in [6.45, 7) is 5.15. The van der Waals surface area contributed by atoms with Crippen LogP contribution in [0.4, 0.5) is 11.4 Å². The average molecular weight is 390 g/mol. The molecule has 2 aromatic rings. The fourth-order valence-electron chi connectivity index (χ4n) is 3.19. The van der Waals surface area contributed by atoms with Crippen LogP contribution in [0, 0.1) is 0 Å². The van der Waals surface area contributed by atoms with E-state index in [0.717, 1.165) is 31.9 Å². The van der Waals surface area contributed by atoms with E-state index in [1.165, 1.54) is 0 Å². The molecule has 2 N–H and O–H groups in total. The third-order valence-corrected chi connectivity index (χ3v) is 5.17. The van der Waals surface area contributed by atoms with Gasteiger partial charge in [0.15, 0.2) is 0 Å². The minimum Gasteiger partial charge on any atom is -0.508 e. The number of methoxy groups -OCH3 is 1. The molecule has 0 unspecified atom stereocenters. The summed E-state index contributed by atoms with van der Waals surface area (Å²) >= 11 is 6.12. The zero-order chi connectivity index (χ0) is 19.4. The van der Waals surface area contributed by atoms with Gasteiger partial charge in [-0.05, 0) is 49.4 Å². The minimum atomic E-state index is -0.243. The molecule has 0 saturated carbocycles. The van der Waals surface area contributed by atoms with Crippen molar-refractivity contribution in [2.75, 3.05) is 43.5 Å². The maximum Gasteiger partial charge on any atom is 0.241 e. The number of piperazine rings is 1. The van der Waals surface area contributed by atoms with E-state index in [1.54, 1.807) is 37.4 Å². The standard InChI is InChI=1S/C20H24ClN3O3/c1-14(20(26)22-15-3-8-19(27-2)18(21)13-15)23-9-11-24(12-10-23)16-4-6-17(25)7-5-16/h3-8,13-14,25H,9-12H2,1-2H3,(H,22,26)/t14-/m1/s1. The monoisotopic (exact) mass is 389 g/mol. The molecular weight excluding hydrogens is 366 g/mol. The fraction of sp³-hybridized carbons (Fsp3) is 0.350. The molecule has 144 valence electrons. The van der Waals surface area contributed by atoms with Crippen LogP contribution in [-0.4, -0.2) is 55.2 Å². The van der Waals surface area contributed by atoms with Crippen molar-refractivity contribution in [3.8, 4) is 11.5 Å². The van der Waals surface area contributed by atoms with Gasteiger partial charge < -0.3 is 20.1 Å². The summed E-state index contributed by atoms with van der Waals surface area (Å²) in [5.74, 6) is 0.781. The van der Waals surface area contributed by atoms with Crippen LogP contribution < -0.4 is 15.0 Å². The van der Waals surface area contributed by atoms with Gasteiger partial charge in [0.25, 0.3) is 0 Å². The van der Waals surface area contributed by atoms with Crippen molar-refractivity contribution in [3.05, 3.63) is 47.5 Å². The molecule has 1 atom stereocenters. The molecular formula is C20H24ClN3O3. The predicted octanol–water partition coefficient (Wildman–Crippen LogP) is 3.20. The van der Waals surface area contributed by atoms with Crippen molar-refractivity contribution >= 4 is 28.9 Å². The lowest BCUT2D eigenvalue weighted by molar-refractivity contribution is -0.120. The Morgan fingerprint density at radius 3 is 2.41 bits per heavy atom. The van der Waals surface area contributed by atoms with Gasteiger partial charge in [-0.1, -0.05) is 11.6 Å². The number of amides is 1. The zero-order valence-corrected chi connectivity index (χ0v) is 16.2. The molecule has 7 heteroatoms. The second kappa shape index (κ2) is 8.50. The van der Waals surface area contributed by atoms with Crippen LogP contribution in [0.25, 0.3) is 0 Å². The summed E-state index contributed by atoms with van der Waals surface area (Å²) in [5, 5.41) is 12.8. The van der Waals surface area contributed by atoms with E-state index < -0.39 is 0 Å². The van der Waals surface area contributed by atoms with Gasteiger partial charge >= 0.3 is 0 Å². The first-order chi connectivity index (χ1) is 13.0. The highest BCUT2D eigenvalue weighted by Crippen LogP contribution is 2.27. The lowest BCUT2D eigenvalue weighted by Crippen LogP contribution is -2.52. The maximum absolute atomic E-state index is 12.6. The smallest absolute Gasteiger partial charge is 0.241 e. The van der Waals surface area contributed by atoms with Crippen LogP contribution in [0.2, 0.25) is 5.02 Å². The topological polar surface area (TPSA) is 65.0 Å². The average Bonchev–Trinajstić information content (AvgIpc) is 2.68. The Hall–Kier alpha value is -2.44. The Kier molecular flexibility index (Phi) is 6.08. The van der Waals surface area contributed by atoms with Gasteiger partial charge in [-0.25, -0.2) is 0 Å². The van der Waals surface area contributed by atoms with Gasteiger partial charge in [-0.2, -0.15) is 0 Å². The molecule has 0 radical (unpaired) electrons. The Morgan fingerprint density at radius 1 is 1.15 bits per heavy atom. The van der Waals surface area contributed by atoms with Crippen LogP contribution >= 0.6 is 11.6 Å². The number of halogens is 1. The highest BCUT2D eigenvalue weighted by Gasteiger charge is 2.25. The van der Waals surface area contributed by atoms with E-state index in [9.17, 15) is 9.90 Å². The van der Waals surface area contributed by atoms with Gasteiger partial charge in [-0.3, -0.25) is 9.69 Å². The highest BCUT2D eigenvalue weighted by atomic mass is 35.5. The largest absolute Gasteiger partial charge is 0.508 e. The summed E-state index contributed by atoms with van der Waals surface area (Å²) in [6, 6.07) is 12.2. The molecule has 3 rings (SSSR count). The number of aromatic hydroxyl groups is 1. The van der Waals surface area contributed by atoms with Crippen LogP contribution in [0.3, 0.4) is 0 Å². The summed E-state index contributed by atoms with van der Waals surface area (Å²) in [6.07, 6.45) is 0. The molecule has 0 aliphatic carbocycles. The first kappa shape index (κ1) is 19.3. The summed E-state index contributed by atoms with van der Waals surface area (Å²) in [7, 11) is 1.55. The summed E-state index contributed by atoms with van der Waals surface area (Å²) < 4.78 is 5.13. The van der Waals surface area contributed by atoms with Gasteiger partial charge in [-0.15, -0.1) is 0 Å². The molecule has 1 amide bonds. The molecule has 6 nitrogen and oxygen atoms in total. The second-order valence-electron chi connectivity index (χ2n) is 6.55.